The van der Waals surface area contributed by atoms with Gasteiger partial charge in [0.15, 0.2) is 0 Å². The van der Waals surface area contributed by atoms with Crippen LogP contribution in [0, 0.1) is 0 Å². The van der Waals surface area contributed by atoms with Crippen LogP contribution in [-0.2, 0) is 14.8 Å². The summed E-state index contributed by atoms with van der Waals surface area (Å²) in [5.74, 6) is 1.90. The first-order chi connectivity index (χ1) is 19.9. The monoisotopic (exact) mass is 583 g/mol. The summed E-state index contributed by atoms with van der Waals surface area (Å²) >= 11 is 0. The Labute approximate surface area is 240 Å². The van der Waals surface area contributed by atoms with E-state index in [0.29, 0.717) is 41.6 Å². The Kier molecular flexibility index (Phi) is 8.21. The van der Waals surface area contributed by atoms with Gasteiger partial charge in [0.1, 0.15) is 11.9 Å². The molecule has 1 aliphatic carbocycles. The predicted molar refractivity (Wildman–Crippen MR) is 158 cm³/mol. The zero-order valence-corrected chi connectivity index (χ0v) is 24.1. The van der Waals surface area contributed by atoms with Crippen molar-refractivity contribution >= 4 is 44.1 Å². The Morgan fingerprint density at radius 2 is 1.68 bits per heavy atom. The molecule has 0 atom stereocenters. The number of morpholine rings is 1. The molecule has 0 radical (unpaired) electrons. The molecule has 3 aliphatic rings. The molecular formula is C27H37N9O4S. The standard InChI is InChI=1S/C27H37N9O4S/c1-41(37,38)34-20-14-23-24(29-16-20)15-25(36-10-12-39-13-11-36)33-26(23)40-22-4-2-19(3-5-22)32-27-30-17-21(18-31-27)35-8-6-28-7-9-35/h14-19,22,28,34H,2-13H2,1H3,(H,30,31,32)/t19-,22+. The Bertz CT molecular complexity index is 1440. The van der Waals surface area contributed by atoms with Gasteiger partial charge in [-0.25, -0.2) is 18.4 Å². The molecule has 0 amide bonds. The predicted octanol–water partition coefficient (Wildman–Crippen LogP) is 1.84. The minimum atomic E-state index is -3.45. The minimum Gasteiger partial charge on any atom is -0.474 e. The fourth-order valence-corrected chi connectivity index (χ4v) is 6.08. The van der Waals surface area contributed by atoms with E-state index in [2.05, 4.69) is 40.1 Å². The van der Waals surface area contributed by atoms with Crippen LogP contribution in [0.2, 0.25) is 0 Å². The summed E-state index contributed by atoms with van der Waals surface area (Å²) in [5.41, 5.74) is 2.13. The second kappa shape index (κ2) is 12.2. The van der Waals surface area contributed by atoms with E-state index in [0.717, 1.165) is 82.7 Å². The molecule has 14 heteroatoms. The molecule has 1 saturated carbocycles. The maximum Gasteiger partial charge on any atom is 0.229 e. The molecule has 3 aromatic heterocycles. The average Bonchev–Trinajstić information content (AvgIpc) is 2.99. The number of hydrogen-bond acceptors (Lipinski definition) is 12. The molecule has 0 spiro atoms. The van der Waals surface area contributed by atoms with Gasteiger partial charge in [0.05, 0.1) is 60.3 Å². The summed E-state index contributed by atoms with van der Waals surface area (Å²) in [6.07, 6.45) is 9.92. The number of nitrogens with zero attached hydrogens (tertiary/aromatic N) is 6. The van der Waals surface area contributed by atoms with Gasteiger partial charge in [-0.2, -0.15) is 4.98 Å². The van der Waals surface area contributed by atoms with Crippen molar-refractivity contribution in [3.8, 4) is 5.88 Å². The minimum absolute atomic E-state index is 0.0220. The number of rotatable bonds is 8. The molecular weight excluding hydrogens is 546 g/mol. The molecule has 5 heterocycles. The average molecular weight is 584 g/mol. The van der Waals surface area contributed by atoms with Crippen LogP contribution in [0.3, 0.4) is 0 Å². The van der Waals surface area contributed by atoms with Crippen molar-refractivity contribution in [2.24, 2.45) is 0 Å². The van der Waals surface area contributed by atoms with Gasteiger partial charge >= 0.3 is 0 Å². The first-order valence-corrected chi connectivity index (χ1v) is 16.1. The SMILES string of the molecule is CS(=O)(=O)Nc1cnc2cc(N3CCOCC3)nc(O[C@H]3CC[C@@H](Nc4ncc(N5CCNCC5)cn4)CC3)c2c1. The fourth-order valence-electron chi connectivity index (χ4n) is 5.54. The van der Waals surface area contributed by atoms with Crippen molar-refractivity contribution in [2.75, 3.05) is 78.6 Å². The number of fused-ring (bicyclic) bond motifs is 1. The van der Waals surface area contributed by atoms with Gasteiger partial charge in [0.25, 0.3) is 0 Å². The Hall–Kier alpha value is -3.49. The van der Waals surface area contributed by atoms with Crippen LogP contribution in [0.1, 0.15) is 25.7 Å². The fraction of sp³-hybridized carbons (Fsp3) is 0.556. The third-order valence-electron chi connectivity index (χ3n) is 7.68. The Morgan fingerprint density at radius 1 is 0.951 bits per heavy atom. The van der Waals surface area contributed by atoms with Crippen LogP contribution < -0.4 is 29.9 Å². The van der Waals surface area contributed by atoms with Crippen LogP contribution in [0.4, 0.5) is 23.1 Å². The van der Waals surface area contributed by atoms with Crippen molar-refractivity contribution in [2.45, 2.75) is 37.8 Å². The van der Waals surface area contributed by atoms with Gasteiger partial charge in [-0.05, 0) is 31.7 Å². The maximum atomic E-state index is 11.8. The zero-order valence-electron chi connectivity index (χ0n) is 23.3. The summed E-state index contributed by atoms with van der Waals surface area (Å²) in [4.78, 5) is 23.0. The van der Waals surface area contributed by atoms with Crippen molar-refractivity contribution in [1.29, 1.82) is 0 Å². The summed E-state index contributed by atoms with van der Waals surface area (Å²) in [5, 5.41) is 7.53. The zero-order chi connectivity index (χ0) is 28.2. The second-order valence-corrected chi connectivity index (χ2v) is 12.5. The lowest BCUT2D eigenvalue weighted by molar-refractivity contribution is 0.122. The van der Waals surface area contributed by atoms with E-state index in [9.17, 15) is 8.42 Å². The molecule has 3 fully saturated rings. The maximum absolute atomic E-state index is 11.8. The molecule has 0 aromatic carbocycles. The number of nitrogens with one attached hydrogen (secondary N) is 3. The number of anilines is 4. The quantitative estimate of drug-likeness (QED) is 0.356. The van der Waals surface area contributed by atoms with E-state index in [1.54, 1.807) is 6.07 Å². The molecule has 41 heavy (non-hydrogen) atoms. The number of sulfonamides is 1. The summed E-state index contributed by atoms with van der Waals surface area (Å²) in [6.45, 7) is 6.63. The van der Waals surface area contributed by atoms with E-state index >= 15 is 0 Å². The van der Waals surface area contributed by atoms with E-state index < -0.39 is 10.0 Å². The Morgan fingerprint density at radius 3 is 2.39 bits per heavy atom. The number of hydrogen-bond donors (Lipinski definition) is 3. The molecule has 2 aliphatic heterocycles. The second-order valence-electron chi connectivity index (χ2n) is 10.8. The first kappa shape index (κ1) is 27.7. The van der Waals surface area contributed by atoms with Crippen LogP contribution in [0.15, 0.2) is 30.7 Å². The van der Waals surface area contributed by atoms with E-state index in [1.807, 2.05) is 18.5 Å². The van der Waals surface area contributed by atoms with Gasteiger partial charge in [-0.15, -0.1) is 0 Å². The topological polar surface area (TPSA) is 147 Å². The van der Waals surface area contributed by atoms with E-state index in [1.165, 1.54) is 6.20 Å². The van der Waals surface area contributed by atoms with E-state index in [4.69, 9.17) is 14.5 Å². The normalized spacial score (nSPS) is 22.0. The molecule has 3 N–H and O–H groups in total. The van der Waals surface area contributed by atoms with Crippen molar-refractivity contribution < 1.29 is 17.9 Å². The van der Waals surface area contributed by atoms with Gasteiger partial charge in [-0.3, -0.25) is 9.71 Å². The van der Waals surface area contributed by atoms with Crippen molar-refractivity contribution in [3.05, 3.63) is 30.7 Å². The molecule has 3 aromatic rings. The number of pyridine rings is 2. The molecule has 6 rings (SSSR count). The molecule has 13 nitrogen and oxygen atoms in total. The lowest BCUT2D eigenvalue weighted by atomic mass is 9.93. The van der Waals surface area contributed by atoms with E-state index in [-0.39, 0.29) is 12.1 Å². The number of piperazine rings is 1. The van der Waals surface area contributed by atoms with Crippen LogP contribution in [-0.4, -0.2) is 99.2 Å². The summed E-state index contributed by atoms with van der Waals surface area (Å²) in [7, 11) is -3.45. The van der Waals surface area contributed by atoms with Gasteiger partial charge in [-0.1, -0.05) is 0 Å². The Balaban J connectivity index is 1.13. The molecule has 2 saturated heterocycles. The smallest absolute Gasteiger partial charge is 0.229 e. The van der Waals surface area contributed by atoms with Crippen LogP contribution in [0.25, 0.3) is 10.9 Å². The third kappa shape index (κ3) is 7.05. The molecule has 0 unspecified atom stereocenters. The lowest BCUT2D eigenvalue weighted by Gasteiger charge is -2.31. The highest BCUT2D eigenvalue weighted by molar-refractivity contribution is 7.92. The lowest BCUT2D eigenvalue weighted by Crippen LogP contribution is -2.43. The largest absolute Gasteiger partial charge is 0.474 e. The van der Waals surface area contributed by atoms with Gasteiger partial charge in [0, 0.05) is 51.4 Å². The van der Waals surface area contributed by atoms with Gasteiger partial charge in [0.2, 0.25) is 21.9 Å². The van der Waals surface area contributed by atoms with Gasteiger partial charge < -0.3 is 29.9 Å². The number of ether oxygens (including phenoxy) is 2. The molecule has 220 valence electrons. The van der Waals surface area contributed by atoms with Crippen molar-refractivity contribution in [3.63, 3.8) is 0 Å². The highest BCUT2D eigenvalue weighted by Gasteiger charge is 2.25. The number of aromatic nitrogens is 4. The highest BCUT2D eigenvalue weighted by Crippen LogP contribution is 2.33. The van der Waals surface area contributed by atoms with Crippen LogP contribution in [0.5, 0.6) is 5.88 Å². The highest BCUT2D eigenvalue weighted by atomic mass is 32.2. The van der Waals surface area contributed by atoms with Crippen LogP contribution >= 0.6 is 0 Å². The summed E-state index contributed by atoms with van der Waals surface area (Å²) in [6, 6.07) is 3.92. The van der Waals surface area contributed by atoms with Crippen molar-refractivity contribution in [1.82, 2.24) is 25.3 Å². The molecule has 0 bridgehead atoms. The first-order valence-electron chi connectivity index (χ1n) is 14.2. The summed E-state index contributed by atoms with van der Waals surface area (Å²) < 4.78 is 38.2. The third-order valence-corrected chi connectivity index (χ3v) is 8.28.